The minimum atomic E-state index is -1.56. The summed E-state index contributed by atoms with van der Waals surface area (Å²) in [5, 5.41) is 19.1. The van der Waals surface area contributed by atoms with Crippen LogP contribution < -0.4 is 0 Å². The first-order valence-electron chi connectivity index (χ1n) is 2.96. The van der Waals surface area contributed by atoms with Crippen LogP contribution in [0.3, 0.4) is 0 Å². The number of aliphatic hydroxyl groups is 1. The maximum Gasteiger partial charge on any atom is 0.317 e. The zero-order valence-corrected chi connectivity index (χ0v) is 6.28. The van der Waals surface area contributed by atoms with Gasteiger partial charge in [-0.3, -0.25) is 10.1 Å². The summed E-state index contributed by atoms with van der Waals surface area (Å²) in [5.41, 5.74) is 0. The Hall–Kier alpha value is -1.03. The molecule has 1 rings (SSSR count). The molecule has 0 fully saturated rings. The molecule has 0 spiro atoms. The minimum Gasteiger partial charge on any atom is -0.508 e. The van der Waals surface area contributed by atoms with Crippen LogP contribution in [-0.4, -0.2) is 15.0 Å². The van der Waals surface area contributed by atoms with Gasteiger partial charge in [-0.05, 0) is 23.8 Å². The van der Waals surface area contributed by atoms with Crippen LogP contribution >= 0.6 is 11.6 Å². The van der Waals surface area contributed by atoms with Gasteiger partial charge in [-0.15, -0.1) is 0 Å². The smallest absolute Gasteiger partial charge is 0.317 e. The van der Waals surface area contributed by atoms with Crippen molar-refractivity contribution in [3.63, 3.8) is 0 Å². The highest BCUT2D eigenvalue weighted by Gasteiger charge is 2.37. The van der Waals surface area contributed by atoms with E-state index >= 15 is 0 Å². The largest absolute Gasteiger partial charge is 0.508 e. The number of rotatable bonds is 1. The average molecular weight is 176 g/mol. The van der Waals surface area contributed by atoms with Crippen molar-refractivity contribution in [2.45, 2.75) is 11.4 Å². The summed E-state index contributed by atoms with van der Waals surface area (Å²) in [5.74, 6) is 0.0168. The summed E-state index contributed by atoms with van der Waals surface area (Å²) in [4.78, 5) is 8.14. The first-order valence-corrected chi connectivity index (χ1v) is 3.34. The Balaban J connectivity index is 2.82. The molecule has 0 amide bonds. The molecule has 1 aliphatic carbocycles. The Morgan fingerprint density at radius 3 is 2.82 bits per heavy atom. The maximum absolute atomic E-state index is 10.3. The molecule has 1 unspecified atom stereocenters. The number of allylic oxidation sites excluding steroid dienone is 1. The highest BCUT2D eigenvalue weighted by Crippen LogP contribution is 2.27. The van der Waals surface area contributed by atoms with Gasteiger partial charge in [0.05, 0.1) is 6.42 Å². The van der Waals surface area contributed by atoms with Crippen LogP contribution in [0.15, 0.2) is 24.0 Å². The molecule has 0 saturated carbocycles. The van der Waals surface area contributed by atoms with Crippen molar-refractivity contribution in [2.75, 3.05) is 0 Å². The summed E-state index contributed by atoms with van der Waals surface area (Å²) < 4.78 is 0. The highest BCUT2D eigenvalue weighted by molar-refractivity contribution is 6.24. The molecule has 0 aromatic heterocycles. The molecule has 60 valence electrons. The number of hydrogen-bond acceptors (Lipinski definition) is 3. The van der Waals surface area contributed by atoms with Gasteiger partial charge in [-0.2, -0.15) is 0 Å². The van der Waals surface area contributed by atoms with Gasteiger partial charge < -0.3 is 5.11 Å². The molecular formula is C6H6ClNO3. The molecule has 0 saturated heterocycles. The second kappa shape index (κ2) is 2.54. The predicted molar refractivity (Wildman–Crippen MR) is 40.0 cm³/mol. The van der Waals surface area contributed by atoms with Gasteiger partial charge >= 0.3 is 5.00 Å². The van der Waals surface area contributed by atoms with Gasteiger partial charge in [0.2, 0.25) is 0 Å². The van der Waals surface area contributed by atoms with Crippen LogP contribution in [0.5, 0.6) is 0 Å². The molecule has 0 aromatic rings. The Kier molecular flexibility index (Phi) is 1.87. The fourth-order valence-electron chi connectivity index (χ4n) is 0.732. The summed E-state index contributed by atoms with van der Waals surface area (Å²) in [6, 6.07) is 0. The molecular weight excluding hydrogens is 170 g/mol. The third-order valence-electron chi connectivity index (χ3n) is 1.41. The summed E-state index contributed by atoms with van der Waals surface area (Å²) in [7, 11) is 0. The second-order valence-corrected chi connectivity index (χ2v) is 2.90. The van der Waals surface area contributed by atoms with Crippen molar-refractivity contribution in [2.24, 2.45) is 0 Å². The normalized spacial score (nSPS) is 29.7. The van der Waals surface area contributed by atoms with Crippen molar-refractivity contribution in [3.8, 4) is 0 Å². The molecule has 5 heteroatoms. The van der Waals surface area contributed by atoms with Crippen molar-refractivity contribution >= 4 is 11.6 Å². The number of nitro groups is 1. The van der Waals surface area contributed by atoms with Crippen LogP contribution in [0.4, 0.5) is 0 Å². The maximum atomic E-state index is 10.3. The van der Waals surface area contributed by atoms with E-state index in [9.17, 15) is 10.1 Å². The molecule has 1 aliphatic rings. The quantitative estimate of drug-likeness (QED) is 0.285. The number of aliphatic hydroxyl groups excluding tert-OH is 1. The lowest BCUT2D eigenvalue weighted by molar-refractivity contribution is -0.527. The lowest BCUT2D eigenvalue weighted by Gasteiger charge is -2.14. The molecule has 1 N–H and O–H groups in total. The lowest BCUT2D eigenvalue weighted by Crippen LogP contribution is -2.30. The third kappa shape index (κ3) is 1.51. The predicted octanol–water partition coefficient (Wildman–Crippen LogP) is 1.60. The molecule has 0 aliphatic heterocycles. The van der Waals surface area contributed by atoms with Crippen LogP contribution in [0.1, 0.15) is 6.42 Å². The molecule has 0 heterocycles. The lowest BCUT2D eigenvalue weighted by atomic mass is 10.1. The summed E-state index contributed by atoms with van der Waals surface area (Å²) in [6.07, 6.45) is 3.73. The van der Waals surface area contributed by atoms with E-state index in [2.05, 4.69) is 0 Å². The van der Waals surface area contributed by atoms with Gasteiger partial charge in [0.25, 0.3) is 0 Å². The highest BCUT2D eigenvalue weighted by atomic mass is 35.5. The van der Waals surface area contributed by atoms with E-state index in [4.69, 9.17) is 16.7 Å². The average Bonchev–Trinajstić information content (AvgIpc) is 1.95. The van der Waals surface area contributed by atoms with Crippen LogP contribution in [-0.2, 0) is 0 Å². The molecule has 4 nitrogen and oxygen atoms in total. The minimum absolute atomic E-state index is 0.0168. The van der Waals surface area contributed by atoms with Crippen molar-refractivity contribution in [1.29, 1.82) is 0 Å². The van der Waals surface area contributed by atoms with Gasteiger partial charge in [-0.25, -0.2) is 0 Å². The zero-order chi connectivity index (χ0) is 8.48. The zero-order valence-electron chi connectivity index (χ0n) is 5.53. The molecule has 0 aromatic carbocycles. The van der Waals surface area contributed by atoms with Gasteiger partial charge in [0.15, 0.2) is 0 Å². The molecule has 0 radical (unpaired) electrons. The van der Waals surface area contributed by atoms with Gasteiger partial charge in [0, 0.05) is 11.0 Å². The van der Waals surface area contributed by atoms with Crippen molar-refractivity contribution < 1.29 is 10.0 Å². The molecule has 11 heavy (non-hydrogen) atoms. The van der Waals surface area contributed by atoms with E-state index in [1.165, 1.54) is 18.2 Å². The van der Waals surface area contributed by atoms with Gasteiger partial charge in [0.1, 0.15) is 5.76 Å². The monoisotopic (exact) mass is 175 g/mol. The molecule has 1 atom stereocenters. The van der Waals surface area contributed by atoms with Crippen molar-refractivity contribution in [3.05, 3.63) is 34.1 Å². The van der Waals surface area contributed by atoms with E-state index in [1.54, 1.807) is 0 Å². The SMILES string of the molecule is O=[N+]([O-])C1(Cl)C=CC(O)=CC1. The topological polar surface area (TPSA) is 63.4 Å². The standard InChI is InChI=1S/C6H6ClNO3/c7-6(8(10)11)3-1-5(9)2-4-6/h1-3,9H,4H2. The third-order valence-corrected chi connectivity index (χ3v) is 1.83. The Morgan fingerprint density at radius 1 is 1.82 bits per heavy atom. The van der Waals surface area contributed by atoms with Crippen LogP contribution in [0, 0.1) is 10.1 Å². The first kappa shape index (κ1) is 8.07. The second-order valence-electron chi connectivity index (χ2n) is 2.24. The summed E-state index contributed by atoms with van der Waals surface area (Å²) >= 11 is 5.53. The Morgan fingerprint density at radius 2 is 2.45 bits per heavy atom. The fraction of sp³-hybridized carbons (Fsp3) is 0.333. The Bertz CT molecular complexity index is 248. The number of hydrogen-bond donors (Lipinski definition) is 1. The number of halogens is 1. The summed E-state index contributed by atoms with van der Waals surface area (Å²) in [6.45, 7) is 0. The number of nitrogens with zero attached hydrogens (tertiary/aromatic N) is 1. The van der Waals surface area contributed by atoms with E-state index in [1.807, 2.05) is 0 Å². The van der Waals surface area contributed by atoms with Crippen molar-refractivity contribution in [1.82, 2.24) is 0 Å². The van der Waals surface area contributed by atoms with E-state index in [0.717, 1.165) is 0 Å². The van der Waals surface area contributed by atoms with E-state index in [-0.39, 0.29) is 12.2 Å². The van der Waals surface area contributed by atoms with Crippen LogP contribution in [0.2, 0.25) is 0 Å². The Labute approximate surface area is 67.9 Å². The van der Waals surface area contributed by atoms with E-state index in [0.29, 0.717) is 0 Å². The number of alkyl halides is 1. The fourth-order valence-corrected chi connectivity index (χ4v) is 0.872. The van der Waals surface area contributed by atoms with Gasteiger partial charge in [-0.1, -0.05) is 0 Å². The molecule has 0 bridgehead atoms. The van der Waals surface area contributed by atoms with E-state index < -0.39 is 9.92 Å². The van der Waals surface area contributed by atoms with Crippen LogP contribution in [0.25, 0.3) is 0 Å². The first-order chi connectivity index (χ1) is 5.04.